The zero-order chi connectivity index (χ0) is 13.3. The van der Waals surface area contributed by atoms with E-state index >= 15 is 0 Å². The average molecular weight is 239 g/mol. The van der Waals surface area contributed by atoms with E-state index in [2.05, 4.69) is 31.7 Å². The van der Waals surface area contributed by atoms with Crippen molar-refractivity contribution >= 4 is 0 Å². The van der Waals surface area contributed by atoms with Crippen LogP contribution in [0.15, 0.2) is 0 Å². The SMILES string of the molecule is CCCCN(CCCC)C(C)CC(C)(N)C#N. The molecule has 2 unspecified atom stereocenters. The van der Waals surface area contributed by atoms with E-state index in [1.54, 1.807) is 0 Å². The molecule has 0 aromatic rings. The predicted molar refractivity (Wildman–Crippen MR) is 73.7 cm³/mol. The molecule has 2 atom stereocenters. The molecule has 100 valence electrons. The van der Waals surface area contributed by atoms with Gasteiger partial charge in [-0.2, -0.15) is 5.26 Å². The maximum atomic E-state index is 8.98. The number of rotatable bonds is 9. The molecule has 0 aliphatic carbocycles. The fourth-order valence-electron chi connectivity index (χ4n) is 2.06. The molecule has 0 aromatic carbocycles. The van der Waals surface area contributed by atoms with E-state index in [4.69, 9.17) is 11.0 Å². The van der Waals surface area contributed by atoms with Crippen molar-refractivity contribution in [2.75, 3.05) is 13.1 Å². The van der Waals surface area contributed by atoms with Gasteiger partial charge in [0.15, 0.2) is 0 Å². The van der Waals surface area contributed by atoms with E-state index in [1.807, 2.05) is 6.92 Å². The van der Waals surface area contributed by atoms with Gasteiger partial charge in [-0.05, 0) is 46.2 Å². The van der Waals surface area contributed by atoms with Crippen LogP contribution >= 0.6 is 0 Å². The van der Waals surface area contributed by atoms with E-state index < -0.39 is 5.54 Å². The van der Waals surface area contributed by atoms with Crippen molar-refractivity contribution in [1.82, 2.24) is 4.90 Å². The number of hydrogen-bond donors (Lipinski definition) is 1. The van der Waals surface area contributed by atoms with Crippen molar-refractivity contribution in [2.45, 2.75) is 71.4 Å². The number of hydrogen-bond acceptors (Lipinski definition) is 3. The summed E-state index contributed by atoms with van der Waals surface area (Å²) in [6.45, 7) is 10.7. The second-order valence-electron chi connectivity index (χ2n) is 5.33. The van der Waals surface area contributed by atoms with Crippen molar-refractivity contribution in [1.29, 1.82) is 5.26 Å². The summed E-state index contributed by atoms with van der Waals surface area (Å²) in [5.41, 5.74) is 5.23. The van der Waals surface area contributed by atoms with E-state index in [-0.39, 0.29) is 0 Å². The normalized spacial score (nSPS) is 16.5. The highest BCUT2D eigenvalue weighted by Crippen LogP contribution is 2.14. The zero-order valence-electron chi connectivity index (χ0n) is 12.0. The van der Waals surface area contributed by atoms with Crippen LogP contribution in [0.25, 0.3) is 0 Å². The Hall–Kier alpha value is -0.590. The van der Waals surface area contributed by atoms with Gasteiger partial charge in [-0.25, -0.2) is 0 Å². The highest BCUT2D eigenvalue weighted by Gasteiger charge is 2.24. The Morgan fingerprint density at radius 3 is 2.06 bits per heavy atom. The highest BCUT2D eigenvalue weighted by atomic mass is 15.1. The first-order chi connectivity index (χ1) is 7.96. The summed E-state index contributed by atoms with van der Waals surface area (Å²) in [5, 5.41) is 8.98. The highest BCUT2D eigenvalue weighted by molar-refractivity contribution is 5.02. The van der Waals surface area contributed by atoms with Gasteiger partial charge in [0.05, 0.1) is 6.07 Å². The molecule has 0 rings (SSSR count). The van der Waals surface area contributed by atoms with Crippen LogP contribution < -0.4 is 5.73 Å². The minimum Gasteiger partial charge on any atom is -0.314 e. The van der Waals surface area contributed by atoms with Gasteiger partial charge in [-0.1, -0.05) is 26.7 Å². The van der Waals surface area contributed by atoms with Gasteiger partial charge in [0, 0.05) is 6.04 Å². The minimum absolute atomic E-state index is 0.391. The van der Waals surface area contributed by atoms with Gasteiger partial charge >= 0.3 is 0 Å². The maximum Gasteiger partial charge on any atom is 0.102 e. The van der Waals surface area contributed by atoms with Crippen LogP contribution in [0.4, 0.5) is 0 Å². The Bertz CT molecular complexity index is 222. The second-order valence-corrected chi connectivity index (χ2v) is 5.33. The van der Waals surface area contributed by atoms with Gasteiger partial charge in [0.25, 0.3) is 0 Å². The van der Waals surface area contributed by atoms with Gasteiger partial charge < -0.3 is 10.6 Å². The van der Waals surface area contributed by atoms with E-state index in [0.717, 1.165) is 19.5 Å². The molecule has 0 amide bonds. The van der Waals surface area contributed by atoms with Gasteiger partial charge in [0.2, 0.25) is 0 Å². The lowest BCUT2D eigenvalue weighted by Gasteiger charge is -2.32. The Balaban J connectivity index is 4.30. The van der Waals surface area contributed by atoms with Gasteiger partial charge in [-0.15, -0.1) is 0 Å². The summed E-state index contributed by atoms with van der Waals surface area (Å²) < 4.78 is 0. The molecule has 0 bridgehead atoms. The lowest BCUT2D eigenvalue weighted by Crippen LogP contribution is -2.44. The van der Waals surface area contributed by atoms with Crippen LogP contribution in [0.3, 0.4) is 0 Å². The monoisotopic (exact) mass is 239 g/mol. The molecule has 3 heteroatoms. The number of unbranched alkanes of at least 4 members (excludes halogenated alkanes) is 2. The quantitative estimate of drug-likeness (QED) is 0.673. The molecule has 0 heterocycles. The molecule has 0 aliphatic heterocycles. The Morgan fingerprint density at radius 1 is 1.24 bits per heavy atom. The molecule has 0 aliphatic rings. The number of nitrogens with two attached hydrogens (primary N) is 1. The van der Waals surface area contributed by atoms with Crippen LogP contribution in [-0.2, 0) is 0 Å². The van der Waals surface area contributed by atoms with Crippen LogP contribution in [0.1, 0.15) is 59.8 Å². The standard InChI is InChI=1S/C14H29N3/c1-5-7-9-17(10-8-6-2)13(3)11-14(4,16)12-15/h13H,5-11,16H2,1-4H3. The fraction of sp³-hybridized carbons (Fsp3) is 0.929. The van der Waals surface area contributed by atoms with E-state index in [0.29, 0.717) is 6.04 Å². The summed E-state index contributed by atoms with van der Waals surface area (Å²) in [5.74, 6) is 0. The molecule has 2 N–H and O–H groups in total. The zero-order valence-corrected chi connectivity index (χ0v) is 12.0. The van der Waals surface area contributed by atoms with Crippen LogP contribution in [0, 0.1) is 11.3 Å². The Labute approximate surface area is 107 Å². The van der Waals surface area contributed by atoms with Crippen molar-refractivity contribution in [3.63, 3.8) is 0 Å². The third-order valence-corrected chi connectivity index (χ3v) is 3.20. The average Bonchev–Trinajstić information content (AvgIpc) is 2.28. The molecule has 3 nitrogen and oxygen atoms in total. The van der Waals surface area contributed by atoms with E-state index in [9.17, 15) is 0 Å². The molecule has 0 aromatic heterocycles. The smallest absolute Gasteiger partial charge is 0.102 e. The topological polar surface area (TPSA) is 53.0 Å². The molecule has 0 saturated heterocycles. The van der Waals surface area contributed by atoms with Gasteiger partial charge in [-0.3, -0.25) is 0 Å². The van der Waals surface area contributed by atoms with Gasteiger partial charge in [0.1, 0.15) is 5.54 Å². The fourth-order valence-corrected chi connectivity index (χ4v) is 2.06. The van der Waals surface area contributed by atoms with Crippen molar-refractivity contribution in [3.05, 3.63) is 0 Å². The second kappa shape index (κ2) is 8.49. The molecule has 0 saturated carbocycles. The molecule has 0 fully saturated rings. The van der Waals surface area contributed by atoms with Crippen molar-refractivity contribution in [3.8, 4) is 6.07 Å². The first kappa shape index (κ1) is 16.4. The first-order valence-electron chi connectivity index (χ1n) is 6.91. The number of nitrogens with zero attached hydrogens (tertiary/aromatic N) is 2. The molecule has 0 radical (unpaired) electrons. The largest absolute Gasteiger partial charge is 0.314 e. The van der Waals surface area contributed by atoms with Crippen LogP contribution in [-0.4, -0.2) is 29.6 Å². The van der Waals surface area contributed by atoms with E-state index in [1.165, 1.54) is 25.7 Å². The lowest BCUT2D eigenvalue weighted by molar-refractivity contribution is 0.179. The molecule has 0 spiro atoms. The third-order valence-electron chi connectivity index (χ3n) is 3.20. The maximum absolute atomic E-state index is 8.98. The van der Waals surface area contributed by atoms with Crippen LogP contribution in [0.5, 0.6) is 0 Å². The molecular weight excluding hydrogens is 210 g/mol. The summed E-state index contributed by atoms with van der Waals surface area (Å²) in [6.07, 6.45) is 5.63. The summed E-state index contributed by atoms with van der Waals surface area (Å²) in [4.78, 5) is 2.48. The summed E-state index contributed by atoms with van der Waals surface area (Å²) >= 11 is 0. The third kappa shape index (κ3) is 7.36. The Kier molecular flexibility index (Phi) is 8.20. The lowest BCUT2D eigenvalue weighted by atomic mass is 9.95. The summed E-state index contributed by atoms with van der Waals surface area (Å²) in [6, 6.07) is 2.58. The number of nitriles is 1. The van der Waals surface area contributed by atoms with Crippen molar-refractivity contribution in [2.24, 2.45) is 5.73 Å². The van der Waals surface area contributed by atoms with Crippen LogP contribution in [0.2, 0.25) is 0 Å². The first-order valence-corrected chi connectivity index (χ1v) is 6.91. The molecular formula is C14H29N3. The Morgan fingerprint density at radius 2 is 1.71 bits per heavy atom. The predicted octanol–water partition coefficient (Wildman–Crippen LogP) is 2.91. The van der Waals surface area contributed by atoms with Crippen molar-refractivity contribution < 1.29 is 0 Å². The minimum atomic E-state index is -0.698. The molecule has 17 heavy (non-hydrogen) atoms. The summed E-state index contributed by atoms with van der Waals surface area (Å²) in [7, 11) is 0.